The summed E-state index contributed by atoms with van der Waals surface area (Å²) in [6.45, 7) is 0. The first kappa shape index (κ1) is 16.9. The third-order valence-electron chi connectivity index (χ3n) is 3.88. The Morgan fingerprint density at radius 3 is 2.29 bits per heavy atom. The molecular formula is C14H19BrN2O2S2. The summed E-state index contributed by atoms with van der Waals surface area (Å²) in [7, 11) is -3.67. The van der Waals surface area contributed by atoms with Gasteiger partial charge in [-0.05, 0) is 40.9 Å². The van der Waals surface area contributed by atoms with Gasteiger partial charge in [0.05, 0.1) is 15.4 Å². The largest absolute Gasteiger partial charge is 0.392 e. The third-order valence-corrected chi connectivity index (χ3v) is 6.82. The van der Waals surface area contributed by atoms with Crippen LogP contribution in [0.1, 0.15) is 38.5 Å². The number of nitrogens with one attached hydrogen (secondary N) is 1. The number of rotatable bonds is 4. The first-order chi connectivity index (χ1) is 9.87. The van der Waals surface area contributed by atoms with Crippen LogP contribution in [0.4, 0.5) is 0 Å². The summed E-state index contributed by atoms with van der Waals surface area (Å²) in [5.74, 6) is 0. The fourth-order valence-corrected chi connectivity index (χ4v) is 5.47. The van der Waals surface area contributed by atoms with E-state index in [4.69, 9.17) is 18.0 Å². The Morgan fingerprint density at radius 1 is 1.19 bits per heavy atom. The van der Waals surface area contributed by atoms with Crippen molar-refractivity contribution >= 4 is 43.2 Å². The molecule has 0 saturated heterocycles. The fourth-order valence-electron chi connectivity index (χ4n) is 2.71. The second-order valence-corrected chi connectivity index (χ2v) is 8.34. The highest BCUT2D eigenvalue weighted by Crippen LogP contribution is 2.30. The van der Waals surface area contributed by atoms with E-state index in [0.717, 1.165) is 25.7 Å². The van der Waals surface area contributed by atoms with Crippen LogP contribution in [0.3, 0.4) is 0 Å². The topological polar surface area (TPSA) is 72.2 Å². The lowest BCUT2D eigenvalue weighted by Gasteiger charge is -2.32. The molecule has 0 aliphatic heterocycles. The van der Waals surface area contributed by atoms with Crippen LogP contribution in [0.5, 0.6) is 0 Å². The van der Waals surface area contributed by atoms with Gasteiger partial charge in [-0.1, -0.05) is 50.0 Å². The zero-order valence-electron chi connectivity index (χ0n) is 11.6. The average Bonchev–Trinajstić information content (AvgIpc) is 2.65. The van der Waals surface area contributed by atoms with Crippen LogP contribution in [0.15, 0.2) is 33.6 Å². The lowest BCUT2D eigenvalue weighted by molar-refractivity contribution is 0.441. The van der Waals surface area contributed by atoms with E-state index in [1.807, 2.05) is 0 Å². The highest BCUT2D eigenvalue weighted by atomic mass is 79.9. The van der Waals surface area contributed by atoms with Gasteiger partial charge in [0.1, 0.15) is 0 Å². The average molecular weight is 391 g/mol. The smallest absolute Gasteiger partial charge is 0.242 e. The van der Waals surface area contributed by atoms with E-state index >= 15 is 0 Å². The SMILES string of the molecule is NC(=S)C1(NS(=O)(=O)c2ccccc2Br)CCCCCC1. The minimum absolute atomic E-state index is 0.213. The molecule has 0 aromatic heterocycles. The van der Waals surface area contributed by atoms with Gasteiger partial charge in [-0.25, -0.2) is 8.42 Å². The highest BCUT2D eigenvalue weighted by molar-refractivity contribution is 9.10. The van der Waals surface area contributed by atoms with Crippen molar-refractivity contribution in [1.82, 2.24) is 4.72 Å². The third kappa shape index (κ3) is 3.83. The van der Waals surface area contributed by atoms with Gasteiger partial charge in [0, 0.05) is 4.47 Å². The van der Waals surface area contributed by atoms with Gasteiger partial charge in [-0.3, -0.25) is 0 Å². The summed E-state index contributed by atoms with van der Waals surface area (Å²) in [5, 5.41) is 0. The number of sulfonamides is 1. The molecular weight excluding hydrogens is 372 g/mol. The van der Waals surface area contributed by atoms with Gasteiger partial charge in [0.15, 0.2) is 0 Å². The number of nitrogens with two attached hydrogens (primary N) is 1. The van der Waals surface area contributed by atoms with Crippen LogP contribution in [-0.4, -0.2) is 18.9 Å². The normalized spacial score (nSPS) is 18.9. The Balaban J connectivity index is 2.36. The van der Waals surface area contributed by atoms with Crippen molar-refractivity contribution in [2.75, 3.05) is 0 Å². The molecule has 0 radical (unpaired) electrons. The maximum atomic E-state index is 12.7. The molecule has 116 valence electrons. The van der Waals surface area contributed by atoms with E-state index in [1.54, 1.807) is 24.3 Å². The van der Waals surface area contributed by atoms with Crippen molar-refractivity contribution in [1.29, 1.82) is 0 Å². The molecule has 7 heteroatoms. The Labute approximate surface area is 139 Å². The lowest BCUT2D eigenvalue weighted by Crippen LogP contribution is -2.56. The molecule has 1 fully saturated rings. The van der Waals surface area contributed by atoms with E-state index < -0.39 is 15.6 Å². The van der Waals surface area contributed by atoms with Gasteiger partial charge in [0.2, 0.25) is 10.0 Å². The molecule has 4 nitrogen and oxygen atoms in total. The Bertz CT molecular complexity index is 624. The van der Waals surface area contributed by atoms with Crippen molar-refractivity contribution in [3.05, 3.63) is 28.7 Å². The van der Waals surface area contributed by atoms with E-state index in [9.17, 15) is 8.42 Å². The predicted octanol–water partition coefficient (Wildman–Crippen LogP) is 3.11. The Kier molecular flexibility index (Phi) is 5.40. The summed E-state index contributed by atoms with van der Waals surface area (Å²) in [5.41, 5.74) is 5.08. The molecule has 1 aromatic rings. The number of benzene rings is 1. The van der Waals surface area contributed by atoms with Crippen molar-refractivity contribution in [3.63, 3.8) is 0 Å². The zero-order valence-corrected chi connectivity index (χ0v) is 14.9. The van der Waals surface area contributed by atoms with E-state index in [1.165, 1.54) is 0 Å². The molecule has 1 saturated carbocycles. The Hall–Kier alpha value is -0.500. The number of halogens is 1. The molecule has 21 heavy (non-hydrogen) atoms. The summed E-state index contributed by atoms with van der Waals surface area (Å²) in [6.07, 6.45) is 5.34. The lowest BCUT2D eigenvalue weighted by atomic mass is 9.91. The highest BCUT2D eigenvalue weighted by Gasteiger charge is 2.38. The molecule has 0 atom stereocenters. The molecule has 0 amide bonds. The monoisotopic (exact) mass is 390 g/mol. The molecule has 0 unspecified atom stereocenters. The number of thiocarbonyl (C=S) groups is 1. The van der Waals surface area contributed by atoms with Crippen molar-refractivity contribution < 1.29 is 8.42 Å². The van der Waals surface area contributed by atoms with Crippen LogP contribution < -0.4 is 10.5 Å². The second kappa shape index (κ2) is 6.73. The molecule has 2 rings (SSSR count). The van der Waals surface area contributed by atoms with Crippen LogP contribution in [0.25, 0.3) is 0 Å². The quantitative estimate of drug-likeness (QED) is 0.611. The molecule has 1 aromatic carbocycles. The van der Waals surface area contributed by atoms with Gasteiger partial charge in [-0.15, -0.1) is 0 Å². The van der Waals surface area contributed by atoms with Gasteiger partial charge >= 0.3 is 0 Å². The maximum Gasteiger partial charge on any atom is 0.242 e. The van der Waals surface area contributed by atoms with Crippen LogP contribution in [0, 0.1) is 0 Å². The van der Waals surface area contributed by atoms with Gasteiger partial charge in [-0.2, -0.15) is 4.72 Å². The molecule has 0 bridgehead atoms. The van der Waals surface area contributed by atoms with E-state index in [-0.39, 0.29) is 9.88 Å². The molecule has 1 aliphatic rings. The zero-order chi connectivity index (χ0) is 15.5. The standard InChI is InChI=1S/C14H19BrN2O2S2/c15-11-7-3-4-8-12(11)21(18,19)17-14(13(16)20)9-5-1-2-6-10-14/h3-4,7-8,17H,1-2,5-6,9-10H2,(H2,16,20). The summed E-state index contributed by atoms with van der Waals surface area (Å²) in [4.78, 5) is 0.449. The fraction of sp³-hybridized carbons (Fsp3) is 0.500. The molecule has 3 N–H and O–H groups in total. The summed E-state index contributed by atoms with van der Waals surface area (Å²) >= 11 is 8.46. The first-order valence-electron chi connectivity index (χ1n) is 6.96. The molecule has 0 heterocycles. The maximum absolute atomic E-state index is 12.7. The second-order valence-electron chi connectivity index (χ2n) is 5.40. The number of hydrogen-bond donors (Lipinski definition) is 2. The summed E-state index contributed by atoms with van der Waals surface area (Å²) in [6, 6.07) is 6.74. The van der Waals surface area contributed by atoms with Gasteiger partial charge in [0.25, 0.3) is 0 Å². The van der Waals surface area contributed by atoms with Crippen molar-refractivity contribution in [2.24, 2.45) is 5.73 Å². The van der Waals surface area contributed by atoms with Crippen molar-refractivity contribution in [2.45, 2.75) is 49.0 Å². The van der Waals surface area contributed by atoms with Gasteiger partial charge < -0.3 is 5.73 Å². The van der Waals surface area contributed by atoms with Crippen LogP contribution in [0.2, 0.25) is 0 Å². The van der Waals surface area contributed by atoms with E-state index in [0.29, 0.717) is 17.3 Å². The summed E-state index contributed by atoms with van der Waals surface area (Å²) < 4.78 is 28.7. The van der Waals surface area contributed by atoms with Crippen LogP contribution >= 0.6 is 28.1 Å². The predicted molar refractivity (Wildman–Crippen MR) is 91.7 cm³/mol. The molecule has 1 aliphatic carbocycles. The van der Waals surface area contributed by atoms with Crippen molar-refractivity contribution in [3.8, 4) is 0 Å². The molecule has 0 spiro atoms. The van der Waals surface area contributed by atoms with E-state index in [2.05, 4.69) is 20.7 Å². The van der Waals surface area contributed by atoms with Crippen LogP contribution in [-0.2, 0) is 10.0 Å². The Morgan fingerprint density at radius 2 is 1.76 bits per heavy atom. The number of hydrogen-bond acceptors (Lipinski definition) is 3. The minimum atomic E-state index is -3.67. The first-order valence-corrected chi connectivity index (χ1v) is 9.64. The minimum Gasteiger partial charge on any atom is -0.392 e.